The van der Waals surface area contributed by atoms with E-state index in [0.29, 0.717) is 0 Å². The van der Waals surface area contributed by atoms with E-state index in [1.54, 1.807) is 7.11 Å². The van der Waals surface area contributed by atoms with Crippen LogP contribution in [0.2, 0.25) is 0 Å². The SMILES string of the molecule is COc1ccc(-c2nnc(SC(C)C#N)n2CCc2ccccc2)cc1. The highest BCUT2D eigenvalue weighted by molar-refractivity contribution is 8.00. The van der Waals surface area contributed by atoms with Gasteiger partial charge in [-0.05, 0) is 43.2 Å². The van der Waals surface area contributed by atoms with Gasteiger partial charge in [0.2, 0.25) is 0 Å². The van der Waals surface area contributed by atoms with Crippen LogP contribution in [0.3, 0.4) is 0 Å². The molecule has 0 radical (unpaired) electrons. The summed E-state index contributed by atoms with van der Waals surface area (Å²) < 4.78 is 7.32. The van der Waals surface area contributed by atoms with Gasteiger partial charge in [-0.3, -0.25) is 0 Å². The first kappa shape index (κ1) is 18.0. The molecule has 2 aromatic carbocycles. The Bertz CT molecular complexity index is 884. The van der Waals surface area contributed by atoms with Crippen molar-refractivity contribution in [1.29, 1.82) is 5.26 Å². The highest BCUT2D eigenvalue weighted by Gasteiger charge is 2.16. The van der Waals surface area contributed by atoms with Gasteiger partial charge in [-0.15, -0.1) is 10.2 Å². The van der Waals surface area contributed by atoms with Crippen LogP contribution in [-0.2, 0) is 13.0 Å². The van der Waals surface area contributed by atoms with Crippen molar-refractivity contribution in [2.45, 2.75) is 30.3 Å². The van der Waals surface area contributed by atoms with Crippen molar-refractivity contribution in [1.82, 2.24) is 14.8 Å². The minimum Gasteiger partial charge on any atom is -0.497 e. The first-order valence-electron chi connectivity index (χ1n) is 8.39. The molecular formula is C20H20N4OS. The molecule has 0 aliphatic heterocycles. The molecule has 0 aliphatic rings. The van der Waals surface area contributed by atoms with Gasteiger partial charge in [0.1, 0.15) is 5.75 Å². The molecule has 0 amide bonds. The van der Waals surface area contributed by atoms with Gasteiger partial charge in [0, 0.05) is 12.1 Å². The lowest BCUT2D eigenvalue weighted by Crippen LogP contribution is -2.06. The Morgan fingerprint density at radius 1 is 1.12 bits per heavy atom. The van der Waals surface area contributed by atoms with E-state index < -0.39 is 0 Å². The molecule has 0 saturated heterocycles. The van der Waals surface area contributed by atoms with Crippen molar-refractivity contribution in [2.24, 2.45) is 0 Å². The number of ether oxygens (including phenoxy) is 1. The number of methoxy groups -OCH3 is 1. The summed E-state index contributed by atoms with van der Waals surface area (Å²) in [4.78, 5) is 0. The van der Waals surface area contributed by atoms with E-state index in [0.717, 1.165) is 35.3 Å². The van der Waals surface area contributed by atoms with Gasteiger partial charge in [-0.2, -0.15) is 5.26 Å². The molecule has 1 atom stereocenters. The lowest BCUT2D eigenvalue weighted by molar-refractivity contribution is 0.415. The van der Waals surface area contributed by atoms with E-state index in [4.69, 9.17) is 10.00 Å². The smallest absolute Gasteiger partial charge is 0.192 e. The zero-order valence-corrected chi connectivity index (χ0v) is 15.6. The summed E-state index contributed by atoms with van der Waals surface area (Å²) in [6, 6.07) is 20.3. The quantitative estimate of drug-likeness (QED) is 0.588. The number of benzene rings is 2. The van der Waals surface area contributed by atoms with Crippen LogP contribution >= 0.6 is 11.8 Å². The molecule has 1 aromatic heterocycles. The summed E-state index contributed by atoms with van der Waals surface area (Å²) in [5.41, 5.74) is 2.23. The van der Waals surface area contributed by atoms with E-state index in [9.17, 15) is 0 Å². The molecule has 0 spiro atoms. The topological polar surface area (TPSA) is 63.7 Å². The molecule has 0 saturated carbocycles. The summed E-state index contributed by atoms with van der Waals surface area (Å²) in [5, 5.41) is 18.4. The van der Waals surface area contributed by atoms with Crippen LogP contribution in [0.15, 0.2) is 59.8 Å². The molecule has 5 nitrogen and oxygen atoms in total. The van der Waals surface area contributed by atoms with Crippen LogP contribution in [0.5, 0.6) is 5.75 Å². The minimum atomic E-state index is -0.182. The zero-order valence-electron chi connectivity index (χ0n) is 14.8. The summed E-state index contributed by atoms with van der Waals surface area (Å²) >= 11 is 1.43. The second kappa shape index (κ2) is 8.54. The molecule has 0 fully saturated rings. The predicted molar refractivity (Wildman–Crippen MR) is 103 cm³/mol. The lowest BCUT2D eigenvalue weighted by Gasteiger charge is -2.11. The van der Waals surface area contributed by atoms with E-state index in [1.165, 1.54) is 17.3 Å². The number of aryl methyl sites for hydroxylation is 1. The van der Waals surface area contributed by atoms with Crippen LogP contribution in [0.4, 0.5) is 0 Å². The molecule has 6 heteroatoms. The maximum Gasteiger partial charge on any atom is 0.192 e. The molecular weight excluding hydrogens is 344 g/mol. The van der Waals surface area contributed by atoms with Gasteiger partial charge >= 0.3 is 0 Å². The van der Waals surface area contributed by atoms with Crippen LogP contribution in [0, 0.1) is 11.3 Å². The number of hydrogen-bond acceptors (Lipinski definition) is 5. The maximum atomic E-state index is 9.13. The van der Waals surface area contributed by atoms with E-state index in [2.05, 4.69) is 33.0 Å². The average Bonchev–Trinajstić information content (AvgIpc) is 3.09. The third-order valence-corrected chi connectivity index (χ3v) is 4.97. The first-order chi connectivity index (χ1) is 12.7. The second-order valence-electron chi connectivity index (χ2n) is 5.81. The zero-order chi connectivity index (χ0) is 18.4. The highest BCUT2D eigenvalue weighted by Crippen LogP contribution is 2.28. The number of thioether (sulfide) groups is 1. The Morgan fingerprint density at radius 2 is 1.85 bits per heavy atom. The Hall–Kier alpha value is -2.78. The van der Waals surface area contributed by atoms with Crippen molar-refractivity contribution < 1.29 is 4.74 Å². The maximum absolute atomic E-state index is 9.13. The standard InChI is InChI=1S/C20H20N4OS/c1-15(14-21)26-20-23-22-19(17-8-10-18(25-2)11-9-17)24(20)13-12-16-6-4-3-5-7-16/h3-11,15H,12-13H2,1-2H3. The Labute approximate surface area is 157 Å². The molecule has 3 rings (SSSR count). The van der Waals surface area contributed by atoms with Crippen LogP contribution in [0.1, 0.15) is 12.5 Å². The van der Waals surface area contributed by atoms with Gasteiger partial charge in [0.25, 0.3) is 0 Å². The third-order valence-electron chi connectivity index (χ3n) is 4.00. The highest BCUT2D eigenvalue weighted by atomic mass is 32.2. The molecule has 26 heavy (non-hydrogen) atoms. The molecule has 132 valence electrons. The van der Waals surface area contributed by atoms with Gasteiger partial charge in [0.05, 0.1) is 18.4 Å². The van der Waals surface area contributed by atoms with Gasteiger partial charge in [-0.25, -0.2) is 0 Å². The molecule has 1 heterocycles. The van der Waals surface area contributed by atoms with Crippen molar-refractivity contribution in [3.63, 3.8) is 0 Å². The predicted octanol–water partition coefficient (Wildman–Crippen LogP) is 4.20. The van der Waals surface area contributed by atoms with Crippen molar-refractivity contribution >= 4 is 11.8 Å². The Morgan fingerprint density at radius 3 is 2.50 bits per heavy atom. The van der Waals surface area contributed by atoms with Crippen LogP contribution < -0.4 is 4.74 Å². The Balaban J connectivity index is 1.91. The third kappa shape index (κ3) is 4.24. The van der Waals surface area contributed by atoms with Gasteiger partial charge in [0.15, 0.2) is 11.0 Å². The molecule has 0 aliphatic carbocycles. The number of nitriles is 1. The normalized spacial score (nSPS) is 11.7. The number of nitrogens with zero attached hydrogens (tertiary/aromatic N) is 4. The summed E-state index contributed by atoms with van der Waals surface area (Å²) in [6.07, 6.45) is 0.872. The molecule has 0 N–H and O–H groups in total. The van der Waals surface area contributed by atoms with E-state index in [1.807, 2.05) is 49.4 Å². The van der Waals surface area contributed by atoms with Crippen LogP contribution in [-0.4, -0.2) is 27.1 Å². The fourth-order valence-corrected chi connectivity index (χ4v) is 3.36. The Kier molecular flexibility index (Phi) is 5.92. The van der Waals surface area contributed by atoms with E-state index in [-0.39, 0.29) is 5.25 Å². The lowest BCUT2D eigenvalue weighted by atomic mass is 10.1. The molecule has 0 bridgehead atoms. The molecule has 1 unspecified atom stereocenters. The van der Waals surface area contributed by atoms with Crippen molar-refractivity contribution in [3.8, 4) is 23.2 Å². The second-order valence-corrected chi connectivity index (χ2v) is 7.12. The van der Waals surface area contributed by atoms with Crippen molar-refractivity contribution in [2.75, 3.05) is 7.11 Å². The number of hydrogen-bond donors (Lipinski definition) is 0. The van der Waals surface area contributed by atoms with Gasteiger partial charge < -0.3 is 9.30 Å². The fraction of sp³-hybridized carbons (Fsp3) is 0.250. The summed E-state index contributed by atoms with van der Waals surface area (Å²) in [5.74, 6) is 1.60. The monoisotopic (exact) mass is 364 g/mol. The first-order valence-corrected chi connectivity index (χ1v) is 9.27. The fourth-order valence-electron chi connectivity index (χ4n) is 2.60. The summed E-state index contributed by atoms with van der Waals surface area (Å²) in [6.45, 7) is 2.62. The number of rotatable bonds is 7. The van der Waals surface area contributed by atoms with E-state index >= 15 is 0 Å². The number of aromatic nitrogens is 3. The molecule has 3 aromatic rings. The van der Waals surface area contributed by atoms with Crippen molar-refractivity contribution in [3.05, 3.63) is 60.2 Å². The average molecular weight is 364 g/mol. The minimum absolute atomic E-state index is 0.182. The van der Waals surface area contributed by atoms with Crippen LogP contribution in [0.25, 0.3) is 11.4 Å². The largest absolute Gasteiger partial charge is 0.497 e. The van der Waals surface area contributed by atoms with Gasteiger partial charge in [-0.1, -0.05) is 42.1 Å². The summed E-state index contributed by atoms with van der Waals surface area (Å²) in [7, 11) is 1.65.